The van der Waals surface area contributed by atoms with Gasteiger partial charge in [0.1, 0.15) is 11.3 Å². The molecule has 118 valence electrons. The van der Waals surface area contributed by atoms with E-state index in [1.165, 1.54) is 19.3 Å². The Morgan fingerprint density at radius 2 is 1.86 bits per heavy atom. The smallest absolute Gasteiger partial charge is 0.238 e. The molecule has 2 aromatic heterocycles. The lowest BCUT2D eigenvalue weighted by atomic mass is 9.95. The average molecular weight is 300 g/mol. The molecule has 1 aliphatic rings. The van der Waals surface area contributed by atoms with Crippen molar-refractivity contribution in [1.82, 2.24) is 14.6 Å². The molecule has 5 heteroatoms. The second-order valence-electron chi connectivity index (χ2n) is 6.38. The van der Waals surface area contributed by atoms with Gasteiger partial charge in [0.25, 0.3) is 0 Å². The summed E-state index contributed by atoms with van der Waals surface area (Å²) in [5, 5.41) is 1.88. The van der Waals surface area contributed by atoms with Gasteiger partial charge in [-0.3, -0.25) is 4.79 Å². The van der Waals surface area contributed by atoms with E-state index < -0.39 is 0 Å². The number of fused-ring (bicyclic) bond motifs is 1. The van der Waals surface area contributed by atoms with E-state index >= 15 is 0 Å². The summed E-state index contributed by atoms with van der Waals surface area (Å²) in [7, 11) is 0. The van der Waals surface area contributed by atoms with Gasteiger partial charge in [-0.25, -0.2) is 19.7 Å². The zero-order chi connectivity index (χ0) is 15.9. The molecule has 1 amide bonds. The lowest BCUT2D eigenvalue weighted by Crippen LogP contribution is -2.48. The largest absolute Gasteiger partial charge is 0.273 e. The fourth-order valence-electron chi connectivity index (χ4n) is 3.60. The van der Waals surface area contributed by atoms with Gasteiger partial charge in [0, 0.05) is 12.6 Å². The number of carbonyl (C=O) groups is 1. The van der Waals surface area contributed by atoms with Crippen molar-refractivity contribution < 1.29 is 4.79 Å². The van der Waals surface area contributed by atoms with Gasteiger partial charge in [0.15, 0.2) is 5.65 Å². The van der Waals surface area contributed by atoms with Gasteiger partial charge in [0.05, 0.1) is 6.04 Å². The van der Waals surface area contributed by atoms with E-state index in [9.17, 15) is 4.79 Å². The molecule has 0 aliphatic heterocycles. The van der Waals surface area contributed by atoms with E-state index in [1.54, 1.807) is 6.92 Å². The highest BCUT2D eigenvalue weighted by Crippen LogP contribution is 2.26. The standard InChI is InChI=1S/C17H24N4O/c1-11-10-12(2)18-17-16(11)19-13(3)20(17)21(14(4)22)15-8-6-5-7-9-15/h10,15H,5-9H2,1-4H3. The highest BCUT2D eigenvalue weighted by molar-refractivity contribution is 5.87. The molecular formula is C17H24N4O. The number of nitrogens with zero attached hydrogens (tertiary/aromatic N) is 4. The van der Waals surface area contributed by atoms with Crippen molar-refractivity contribution in [2.45, 2.75) is 65.8 Å². The fourth-order valence-corrected chi connectivity index (χ4v) is 3.60. The molecule has 0 spiro atoms. The Balaban J connectivity index is 2.17. The molecule has 1 saturated carbocycles. The molecule has 0 N–H and O–H groups in total. The Bertz CT molecular complexity index is 713. The molecule has 0 atom stereocenters. The van der Waals surface area contributed by atoms with Crippen LogP contribution in [0.2, 0.25) is 0 Å². The molecule has 3 rings (SSSR count). The first-order chi connectivity index (χ1) is 10.5. The Labute approximate surface area is 131 Å². The van der Waals surface area contributed by atoms with Crippen LogP contribution >= 0.6 is 0 Å². The predicted octanol–water partition coefficient (Wildman–Crippen LogP) is 3.17. The molecule has 0 bridgehead atoms. The number of aromatic nitrogens is 3. The van der Waals surface area contributed by atoms with Gasteiger partial charge in [-0.05, 0) is 45.2 Å². The fraction of sp³-hybridized carbons (Fsp3) is 0.588. The summed E-state index contributed by atoms with van der Waals surface area (Å²) in [4.78, 5) is 21.7. The van der Waals surface area contributed by atoms with Crippen molar-refractivity contribution in [3.05, 3.63) is 23.1 Å². The average Bonchev–Trinajstić information content (AvgIpc) is 2.78. The van der Waals surface area contributed by atoms with Crippen LogP contribution in [0.1, 0.15) is 56.1 Å². The lowest BCUT2D eigenvalue weighted by molar-refractivity contribution is -0.118. The van der Waals surface area contributed by atoms with Crippen molar-refractivity contribution in [1.29, 1.82) is 0 Å². The Morgan fingerprint density at radius 3 is 2.50 bits per heavy atom. The predicted molar refractivity (Wildman–Crippen MR) is 87.5 cm³/mol. The van der Waals surface area contributed by atoms with Crippen molar-refractivity contribution in [3.8, 4) is 0 Å². The number of hydrogen-bond acceptors (Lipinski definition) is 3. The summed E-state index contributed by atoms with van der Waals surface area (Å²) in [6, 6.07) is 2.29. The minimum Gasteiger partial charge on any atom is -0.273 e. The van der Waals surface area contributed by atoms with Crippen LogP contribution in [0.3, 0.4) is 0 Å². The van der Waals surface area contributed by atoms with Gasteiger partial charge in [0.2, 0.25) is 5.91 Å². The normalized spacial score (nSPS) is 16.2. The van der Waals surface area contributed by atoms with Gasteiger partial charge < -0.3 is 0 Å². The summed E-state index contributed by atoms with van der Waals surface area (Å²) in [5.41, 5.74) is 3.76. The molecule has 0 aromatic carbocycles. The summed E-state index contributed by atoms with van der Waals surface area (Å²) >= 11 is 0. The second kappa shape index (κ2) is 5.71. The molecule has 22 heavy (non-hydrogen) atoms. The lowest BCUT2D eigenvalue weighted by Gasteiger charge is -2.34. The maximum Gasteiger partial charge on any atom is 0.238 e. The van der Waals surface area contributed by atoms with Gasteiger partial charge in [-0.15, -0.1) is 0 Å². The van der Waals surface area contributed by atoms with Gasteiger partial charge in [-0.2, -0.15) is 0 Å². The zero-order valence-corrected chi connectivity index (χ0v) is 13.9. The highest BCUT2D eigenvalue weighted by Gasteiger charge is 2.28. The van der Waals surface area contributed by atoms with Gasteiger partial charge >= 0.3 is 0 Å². The van der Waals surface area contributed by atoms with Crippen LogP contribution in [0.4, 0.5) is 0 Å². The van der Waals surface area contributed by atoms with E-state index in [4.69, 9.17) is 0 Å². The number of aryl methyl sites for hydroxylation is 3. The molecule has 2 aromatic rings. The molecule has 0 radical (unpaired) electrons. The summed E-state index contributed by atoms with van der Waals surface area (Å²) < 4.78 is 1.94. The van der Waals surface area contributed by atoms with Crippen LogP contribution in [0, 0.1) is 20.8 Å². The maximum absolute atomic E-state index is 12.4. The minimum absolute atomic E-state index is 0.0651. The third-order valence-corrected chi connectivity index (χ3v) is 4.53. The number of pyridine rings is 1. The molecule has 5 nitrogen and oxygen atoms in total. The topological polar surface area (TPSA) is 51.0 Å². The first-order valence-electron chi connectivity index (χ1n) is 8.12. The van der Waals surface area contributed by atoms with Crippen molar-refractivity contribution >= 4 is 17.1 Å². The van der Waals surface area contributed by atoms with Crippen molar-refractivity contribution in [2.75, 3.05) is 5.01 Å². The van der Waals surface area contributed by atoms with Gasteiger partial charge in [-0.1, -0.05) is 19.3 Å². The molecule has 1 aliphatic carbocycles. The zero-order valence-electron chi connectivity index (χ0n) is 13.9. The number of amides is 1. The number of hydrogen-bond donors (Lipinski definition) is 0. The van der Waals surface area contributed by atoms with E-state index in [0.29, 0.717) is 0 Å². The summed E-state index contributed by atoms with van der Waals surface area (Å²) in [5.74, 6) is 0.896. The first kappa shape index (κ1) is 15.0. The molecule has 2 heterocycles. The second-order valence-corrected chi connectivity index (χ2v) is 6.38. The third kappa shape index (κ3) is 2.49. The molecule has 0 unspecified atom stereocenters. The van der Waals surface area contributed by atoms with E-state index in [2.05, 4.69) is 9.97 Å². The third-order valence-electron chi connectivity index (χ3n) is 4.53. The van der Waals surface area contributed by atoms with Crippen molar-refractivity contribution in [2.24, 2.45) is 0 Å². The van der Waals surface area contributed by atoms with Crippen LogP contribution in [0.15, 0.2) is 6.07 Å². The quantitative estimate of drug-likeness (QED) is 0.856. The van der Waals surface area contributed by atoms with Crippen LogP contribution in [-0.4, -0.2) is 26.6 Å². The van der Waals surface area contributed by atoms with Crippen LogP contribution in [0.5, 0.6) is 0 Å². The van der Waals surface area contributed by atoms with Crippen molar-refractivity contribution in [3.63, 3.8) is 0 Å². The highest BCUT2D eigenvalue weighted by atomic mass is 16.2. The number of rotatable bonds is 2. The maximum atomic E-state index is 12.4. The monoisotopic (exact) mass is 300 g/mol. The Kier molecular flexibility index (Phi) is 3.89. The summed E-state index contributed by atoms with van der Waals surface area (Å²) in [6.45, 7) is 7.63. The van der Waals surface area contributed by atoms with E-state index in [-0.39, 0.29) is 11.9 Å². The molecule has 1 fully saturated rings. The number of imidazole rings is 1. The van der Waals surface area contributed by atoms with Crippen LogP contribution < -0.4 is 5.01 Å². The molecule has 0 saturated heterocycles. The summed E-state index contributed by atoms with van der Waals surface area (Å²) in [6.07, 6.45) is 5.76. The van der Waals surface area contributed by atoms with Crippen LogP contribution in [0.25, 0.3) is 11.2 Å². The van der Waals surface area contributed by atoms with E-state index in [0.717, 1.165) is 41.1 Å². The minimum atomic E-state index is 0.0651. The Morgan fingerprint density at radius 1 is 1.18 bits per heavy atom. The van der Waals surface area contributed by atoms with Crippen LogP contribution in [-0.2, 0) is 4.79 Å². The first-order valence-corrected chi connectivity index (χ1v) is 8.12. The van der Waals surface area contributed by atoms with E-state index in [1.807, 2.05) is 36.5 Å². The Hall–Kier alpha value is -1.91. The number of carbonyl (C=O) groups excluding carboxylic acids is 1. The molecular weight excluding hydrogens is 276 g/mol. The SMILES string of the molecule is CC(=O)N(C1CCCCC1)n1c(C)nc2c(C)cc(C)nc21.